The molecule has 6 nitrogen and oxygen atoms in total. The molecule has 166 valence electrons. The predicted octanol–water partition coefficient (Wildman–Crippen LogP) is 5.02. The van der Waals surface area contributed by atoms with Crippen LogP contribution in [-0.4, -0.2) is 35.5 Å². The summed E-state index contributed by atoms with van der Waals surface area (Å²) in [5.41, 5.74) is 1.95. The molecule has 0 spiro atoms. The third-order valence-electron chi connectivity index (χ3n) is 4.92. The number of rotatable bonds is 10. The summed E-state index contributed by atoms with van der Waals surface area (Å²) >= 11 is 0. The Morgan fingerprint density at radius 2 is 1.31 bits per heavy atom. The fraction of sp³-hybridized carbons (Fsp3) is 0.231. The fourth-order valence-electron chi connectivity index (χ4n) is 3.25. The van der Waals surface area contributed by atoms with E-state index in [0.29, 0.717) is 6.54 Å². The molecular weight excluding hydrogens is 406 g/mol. The van der Waals surface area contributed by atoms with Crippen molar-refractivity contribution < 1.29 is 24.2 Å². The SMILES string of the molecule is CCCN(C)C(=O)c1cc(C(=O)O)c(OCc2ccccc2)cc1OCc1ccccc1. The van der Waals surface area contributed by atoms with Crippen molar-refractivity contribution in [3.63, 3.8) is 0 Å². The first-order valence-electron chi connectivity index (χ1n) is 10.5. The number of amides is 1. The first-order chi connectivity index (χ1) is 15.5. The summed E-state index contributed by atoms with van der Waals surface area (Å²) in [4.78, 5) is 26.5. The molecule has 0 radical (unpaired) electrons. The Balaban J connectivity index is 1.96. The third kappa shape index (κ3) is 5.88. The molecule has 0 bridgehead atoms. The Morgan fingerprint density at radius 1 is 0.812 bits per heavy atom. The normalized spacial score (nSPS) is 10.4. The number of carbonyl (C=O) groups is 2. The Labute approximate surface area is 188 Å². The highest BCUT2D eigenvalue weighted by atomic mass is 16.5. The fourth-order valence-corrected chi connectivity index (χ4v) is 3.25. The van der Waals surface area contributed by atoms with Crippen molar-refractivity contribution in [2.75, 3.05) is 13.6 Å². The number of ether oxygens (including phenoxy) is 2. The van der Waals surface area contributed by atoms with Gasteiger partial charge in [0.15, 0.2) is 0 Å². The zero-order valence-corrected chi connectivity index (χ0v) is 18.3. The van der Waals surface area contributed by atoms with E-state index in [1.54, 1.807) is 11.9 Å². The molecule has 1 amide bonds. The van der Waals surface area contributed by atoms with Gasteiger partial charge in [-0.3, -0.25) is 4.79 Å². The van der Waals surface area contributed by atoms with Gasteiger partial charge in [-0.2, -0.15) is 0 Å². The average molecular weight is 434 g/mol. The summed E-state index contributed by atoms with van der Waals surface area (Å²) in [6.45, 7) is 2.96. The maximum atomic E-state index is 13.0. The minimum atomic E-state index is -1.17. The largest absolute Gasteiger partial charge is 0.488 e. The minimum Gasteiger partial charge on any atom is -0.488 e. The second-order valence-electron chi connectivity index (χ2n) is 7.42. The number of carboxylic acid groups (broad SMARTS) is 1. The second kappa shape index (κ2) is 11.0. The second-order valence-corrected chi connectivity index (χ2v) is 7.42. The molecule has 0 saturated carbocycles. The van der Waals surface area contributed by atoms with Gasteiger partial charge in [0.2, 0.25) is 0 Å². The molecule has 0 aliphatic heterocycles. The number of hydrogen-bond acceptors (Lipinski definition) is 4. The van der Waals surface area contributed by atoms with Crippen LogP contribution < -0.4 is 9.47 Å². The number of hydrogen-bond donors (Lipinski definition) is 1. The van der Waals surface area contributed by atoms with Crippen molar-refractivity contribution in [3.05, 3.63) is 95.1 Å². The molecule has 0 aromatic heterocycles. The predicted molar refractivity (Wildman–Crippen MR) is 122 cm³/mol. The monoisotopic (exact) mass is 433 g/mol. The van der Waals surface area contributed by atoms with Gasteiger partial charge >= 0.3 is 5.97 Å². The zero-order chi connectivity index (χ0) is 22.9. The summed E-state index contributed by atoms with van der Waals surface area (Å²) < 4.78 is 11.8. The van der Waals surface area contributed by atoms with Gasteiger partial charge in [-0.25, -0.2) is 4.79 Å². The Hall–Kier alpha value is -3.80. The molecule has 0 fully saturated rings. The average Bonchev–Trinajstić information content (AvgIpc) is 2.82. The highest BCUT2D eigenvalue weighted by molar-refractivity contribution is 6.01. The molecule has 0 aliphatic rings. The lowest BCUT2D eigenvalue weighted by Gasteiger charge is -2.20. The van der Waals surface area contributed by atoms with Crippen LogP contribution >= 0.6 is 0 Å². The number of aromatic carboxylic acids is 1. The van der Waals surface area contributed by atoms with E-state index in [-0.39, 0.29) is 41.7 Å². The van der Waals surface area contributed by atoms with Crippen LogP contribution in [0, 0.1) is 0 Å². The van der Waals surface area contributed by atoms with Crippen LogP contribution in [-0.2, 0) is 13.2 Å². The van der Waals surface area contributed by atoms with E-state index < -0.39 is 5.97 Å². The summed E-state index contributed by atoms with van der Waals surface area (Å²) in [6, 6.07) is 21.9. The van der Waals surface area contributed by atoms with Gasteiger partial charge in [-0.15, -0.1) is 0 Å². The van der Waals surface area contributed by atoms with Crippen LogP contribution in [0.15, 0.2) is 72.8 Å². The number of carboxylic acids is 1. The minimum absolute atomic E-state index is 0.0822. The van der Waals surface area contributed by atoms with Gasteiger partial charge in [0, 0.05) is 19.7 Å². The molecular formula is C26H27NO5. The Bertz CT molecular complexity index is 1050. The first kappa shape index (κ1) is 22.9. The Morgan fingerprint density at radius 3 is 1.78 bits per heavy atom. The van der Waals surface area contributed by atoms with E-state index in [1.165, 1.54) is 12.1 Å². The molecule has 0 unspecified atom stereocenters. The highest BCUT2D eigenvalue weighted by Gasteiger charge is 2.23. The van der Waals surface area contributed by atoms with Crippen LogP contribution in [0.5, 0.6) is 11.5 Å². The van der Waals surface area contributed by atoms with Gasteiger partial charge in [-0.1, -0.05) is 67.6 Å². The highest BCUT2D eigenvalue weighted by Crippen LogP contribution is 2.32. The quantitative estimate of drug-likeness (QED) is 0.486. The molecule has 1 N–H and O–H groups in total. The van der Waals surface area contributed by atoms with E-state index in [9.17, 15) is 14.7 Å². The molecule has 0 aliphatic carbocycles. The molecule has 3 aromatic rings. The molecule has 3 rings (SSSR count). The molecule has 0 atom stereocenters. The lowest BCUT2D eigenvalue weighted by Crippen LogP contribution is -2.28. The van der Waals surface area contributed by atoms with Gasteiger partial charge < -0.3 is 19.5 Å². The van der Waals surface area contributed by atoms with E-state index in [2.05, 4.69) is 0 Å². The van der Waals surface area contributed by atoms with Gasteiger partial charge in [-0.05, 0) is 23.6 Å². The molecule has 0 saturated heterocycles. The van der Waals surface area contributed by atoms with Crippen molar-refractivity contribution in [3.8, 4) is 11.5 Å². The van der Waals surface area contributed by atoms with Crippen molar-refractivity contribution >= 4 is 11.9 Å². The van der Waals surface area contributed by atoms with Crippen LogP contribution in [0.2, 0.25) is 0 Å². The maximum Gasteiger partial charge on any atom is 0.339 e. The van der Waals surface area contributed by atoms with Crippen LogP contribution in [0.1, 0.15) is 45.2 Å². The van der Waals surface area contributed by atoms with Crippen molar-refractivity contribution in [2.45, 2.75) is 26.6 Å². The smallest absolute Gasteiger partial charge is 0.339 e. The number of carbonyl (C=O) groups excluding carboxylic acids is 1. The van der Waals surface area contributed by atoms with Crippen LogP contribution in [0.3, 0.4) is 0 Å². The van der Waals surface area contributed by atoms with E-state index >= 15 is 0 Å². The van der Waals surface area contributed by atoms with E-state index in [1.807, 2.05) is 67.6 Å². The maximum absolute atomic E-state index is 13.0. The van der Waals surface area contributed by atoms with Crippen molar-refractivity contribution in [1.29, 1.82) is 0 Å². The third-order valence-corrected chi connectivity index (χ3v) is 4.92. The standard InChI is InChI=1S/C26H27NO5/c1-3-14-27(2)25(28)21-15-22(26(29)30)24(32-18-20-12-8-5-9-13-20)16-23(21)31-17-19-10-6-4-7-11-19/h4-13,15-16H,3,14,17-18H2,1-2H3,(H,29,30). The Kier molecular flexibility index (Phi) is 7.86. The van der Waals surface area contributed by atoms with E-state index in [0.717, 1.165) is 17.5 Å². The first-order valence-corrected chi connectivity index (χ1v) is 10.5. The van der Waals surface area contributed by atoms with Gasteiger partial charge in [0.25, 0.3) is 5.91 Å². The summed E-state index contributed by atoms with van der Waals surface area (Å²) in [6.07, 6.45) is 0.784. The summed E-state index contributed by atoms with van der Waals surface area (Å²) in [5.74, 6) is -1.03. The zero-order valence-electron chi connectivity index (χ0n) is 18.3. The van der Waals surface area contributed by atoms with Gasteiger partial charge in [0.05, 0.1) is 5.56 Å². The molecule has 6 heteroatoms. The number of benzene rings is 3. The van der Waals surface area contributed by atoms with Crippen LogP contribution in [0.4, 0.5) is 0 Å². The van der Waals surface area contributed by atoms with Crippen molar-refractivity contribution in [2.24, 2.45) is 0 Å². The lowest BCUT2D eigenvalue weighted by atomic mass is 10.1. The van der Waals surface area contributed by atoms with Crippen LogP contribution in [0.25, 0.3) is 0 Å². The lowest BCUT2D eigenvalue weighted by molar-refractivity contribution is 0.0691. The molecule has 3 aromatic carbocycles. The van der Waals surface area contributed by atoms with Crippen molar-refractivity contribution in [1.82, 2.24) is 4.90 Å². The molecule has 0 heterocycles. The van der Waals surface area contributed by atoms with E-state index in [4.69, 9.17) is 9.47 Å². The summed E-state index contributed by atoms with van der Waals surface area (Å²) in [7, 11) is 1.69. The number of nitrogens with zero attached hydrogens (tertiary/aromatic N) is 1. The topological polar surface area (TPSA) is 76.1 Å². The molecule has 32 heavy (non-hydrogen) atoms. The summed E-state index contributed by atoms with van der Waals surface area (Å²) in [5, 5.41) is 9.76. The van der Waals surface area contributed by atoms with Gasteiger partial charge in [0.1, 0.15) is 30.3 Å².